The predicted molar refractivity (Wildman–Crippen MR) is 116 cm³/mol. The van der Waals surface area contributed by atoms with Crippen molar-refractivity contribution in [3.05, 3.63) is 66.6 Å². The fourth-order valence-electron chi connectivity index (χ4n) is 3.01. The van der Waals surface area contributed by atoms with Crippen molar-refractivity contribution < 1.29 is 4.74 Å². The van der Waals surface area contributed by atoms with Crippen LogP contribution in [-0.4, -0.2) is 19.9 Å². The van der Waals surface area contributed by atoms with Gasteiger partial charge in [-0.2, -0.15) is 4.98 Å². The molecule has 0 radical (unpaired) electrons. The van der Waals surface area contributed by atoms with Crippen LogP contribution < -0.4 is 15.8 Å². The summed E-state index contributed by atoms with van der Waals surface area (Å²) < 4.78 is 7.08. The number of para-hydroxylation sites is 1. The van der Waals surface area contributed by atoms with E-state index in [1.54, 1.807) is 6.20 Å². The molecule has 3 aromatic heterocycles. The van der Waals surface area contributed by atoms with Crippen LogP contribution in [0.5, 0.6) is 11.6 Å². The fraction of sp³-hybridized carbons (Fsp3) is 0.0476. The Balaban J connectivity index is 1.47. The number of aromatic nitrogens is 4. The number of ether oxygens (including phenoxy) is 1. The van der Waals surface area contributed by atoms with Gasteiger partial charge < -0.3 is 15.8 Å². The summed E-state index contributed by atoms with van der Waals surface area (Å²) in [7, 11) is 0. The molecule has 3 heterocycles. The zero-order valence-corrected chi connectivity index (χ0v) is 16.3. The molecule has 8 heteroatoms. The molecule has 0 aliphatic heterocycles. The molecule has 0 amide bonds. The highest BCUT2D eigenvalue weighted by Crippen LogP contribution is 2.35. The smallest absolute Gasteiger partial charge is 0.248 e. The maximum Gasteiger partial charge on any atom is 0.248 e. The van der Waals surface area contributed by atoms with E-state index in [1.807, 2.05) is 42.5 Å². The van der Waals surface area contributed by atoms with E-state index < -0.39 is 0 Å². The lowest BCUT2D eigenvalue weighted by Crippen LogP contribution is -2.03. The molecule has 3 N–H and O–H groups in total. The highest BCUT2D eigenvalue weighted by molar-refractivity contribution is 7.22. The van der Waals surface area contributed by atoms with Crippen molar-refractivity contribution in [2.75, 3.05) is 11.1 Å². The van der Waals surface area contributed by atoms with Crippen LogP contribution in [0, 0.1) is 6.92 Å². The van der Waals surface area contributed by atoms with E-state index in [4.69, 9.17) is 10.5 Å². The SMILES string of the molecule is Cc1ccc2nc(Nc3ncnc(Oc4cccc5cccnc45)c3N)sc2c1. The van der Waals surface area contributed by atoms with Crippen LogP contribution in [0.15, 0.2) is 61.1 Å². The van der Waals surface area contributed by atoms with Crippen LogP contribution in [-0.2, 0) is 0 Å². The first-order chi connectivity index (χ1) is 14.2. The second kappa shape index (κ2) is 6.99. The van der Waals surface area contributed by atoms with Gasteiger partial charge in [-0.05, 0) is 36.8 Å². The van der Waals surface area contributed by atoms with Crippen LogP contribution in [0.2, 0.25) is 0 Å². The molecule has 0 aliphatic rings. The maximum absolute atomic E-state index is 6.29. The Morgan fingerprint density at radius 2 is 1.93 bits per heavy atom. The first kappa shape index (κ1) is 17.3. The maximum atomic E-state index is 6.29. The van der Waals surface area contributed by atoms with Crippen LogP contribution in [0.3, 0.4) is 0 Å². The molecule has 0 bridgehead atoms. The van der Waals surface area contributed by atoms with E-state index in [-0.39, 0.29) is 5.88 Å². The van der Waals surface area contributed by atoms with Gasteiger partial charge >= 0.3 is 0 Å². The zero-order valence-electron chi connectivity index (χ0n) is 15.5. The monoisotopic (exact) mass is 400 g/mol. The second-order valence-electron chi connectivity index (χ2n) is 6.49. The number of nitrogens with two attached hydrogens (primary N) is 1. The summed E-state index contributed by atoms with van der Waals surface area (Å²) >= 11 is 1.54. The Labute approximate surface area is 170 Å². The van der Waals surface area contributed by atoms with E-state index in [1.165, 1.54) is 23.2 Å². The molecule has 2 aromatic carbocycles. The summed E-state index contributed by atoms with van der Waals surface area (Å²) in [5.41, 5.74) is 9.44. The Kier molecular flexibility index (Phi) is 4.18. The van der Waals surface area contributed by atoms with Crippen molar-refractivity contribution in [2.45, 2.75) is 6.92 Å². The minimum atomic E-state index is 0.262. The zero-order chi connectivity index (χ0) is 19.8. The first-order valence-corrected chi connectivity index (χ1v) is 9.75. The predicted octanol–water partition coefficient (Wildman–Crippen LogP) is 5.06. The van der Waals surface area contributed by atoms with E-state index in [2.05, 4.69) is 38.2 Å². The van der Waals surface area contributed by atoms with Crippen LogP contribution in [0.4, 0.5) is 16.6 Å². The third-order valence-electron chi connectivity index (χ3n) is 4.42. The lowest BCUT2D eigenvalue weighted by Gasteiger charge is -2.11. The summed E-state index contributed by atoms with van der Waals surface area (Å²) in [4.78, 5) is 17.4. The van der Waals surface area contributed by atoms with Gasteiger partial charge in [-0.3, -0.25) is 4.98 Å². The number of rotatable bonds is 4. The number of hydrogen-bond donors (Lipinski definition) is 2. The van der Waals surface area contributed by atoms with Gasteiger partial charge in [0.2, 0.25) is 5.88 Å². The quantitative estimate of drug-likeness (QED) is 0.435. The molecular weight excluding hydrogens is 384 g/mol. The Hall–Kier alpha value is -3.78. The number of pyridine rings is 1. The highest BCUT2D eigenvalue weighted by Gasteiger charge is 2.14. The molecule has 0 spiro atoms. The number of anilines is 3. The molecule has 5 aromatic rings. The lowest BCUT2D eigenvalue weighted by molar-refractivity contribution is 0.469. The van der Waals surface area contributed by atoms with Crippen molar-refractivity contribution in [1.82, 2.24) is 19.9 Å². The number of thiazole rings is 1. The molecule has 7 nitrogen and oxygen atoms in total. The van der Waals surface area contributed by atoms with Crippen molar-refractivity contribution in [3.63, 3.8) is 0 Å². The summed E-state index contributed by atoms with van der Waals surface area (Å²) in [5.74, 6) is 1.28. The molecular formula is C21H16N6OS. The minimum Gasteiger partial charge on any atom is -0.435 e. The minimum absolute atomic E-state index is 0.262. The Morgan fingerprint density at radius 1 is 1.03 bits per heavy atom. The molecule has 0 saturated carbocycles. The lowest BCUT2D eigenvalue weighted by atomic mass is 10.2. The summed E-state index contributed by atoms with van der Waals surface area (Å²) in [6.07, 6.45) is 3.13. The topological polar surface area (TPSA) is 98.8 Å². The molecule has 5 rings (SSSR count). The number of benzene rings is 2. The van der Waals surface area contributed by atoms with Gasteiger partial charge in [0.25, 0.3) is 0 Å². The van der Waals surface area contributed by atoms with E-state index >= 15 is 0 Å². The van der Waals surface area contributed by atoms with Crippen molar-refractivity contribution >= 4 is 49.1 Å². The van der Waals surface area contributed by atoms with Crippen LogP contribution in [0.1, 0.15) is 5.56 Å². The largest absolute Gasteiger partial charge is 0.435 e. The number of nitrogens with zero attached hydrogens (tertiary/aromatic N) is 4. The summed E-state index contributed by atoms with van der Waals surface area (Å²) in [5, 5.41) is 4.86. The molecule has 0 aliphatic carbocycles. The van der Waals surface area contributed by atoms with Gasteiger partial charge in [-0.25, -0.2) is 9.97 Å². The number of nitrogens with one attached hydrogen (secondary N) is 1. The summed E-state index contributed by atoms with van der Waals surface area (Å²) in [6, 6.07) is 15.7. The third kappa shape index (κ3) is 3.30. The molecule has 0 unspecified atom stereocenters. The fourth-order valence-corrected chi connectivity index (χ4v) is 3.97. The normalized spacial score (nSPS) is 11.1. The van der Waals surface area contributed by atoms with Gasteiger partial charge in [-0.15, -0.1) is 0 Å². The van der Waals surface area contributed by atoms with Gasteiger partial charge in [0.15, 0.2) is 16.7 Å². The average molecular weight is 400 g/mol. The highest BCUT2D eigenvalue weighted by atomic mass is 32.1. The van der Waals surface area contributed by atoms with Gasteiger partial charge in [0.1, 0.15) is 17.5 Å². The van der Waals surface area contributed by atoms with Crippen LogP contribution >= 0.6 is 11.3 Å². The molecule has 29 heavy (non-hydrogen) atoms. The summed E-state index contributed by atoms with van der Waals surface area (Å²) in [6.45, 7) is 2.06. The van der Waals surface area contributed by atoms with E-state index in [0.29, 0.717) is 22.4 Å². The number of aryl methyl sites for hydroxylation is 1. The van der Waals surface area contributed by atoms with Crippen molar-refractivity contribution in [3.8, 4) is 11.6 Å². The second-order valence-corrected chi connectivity index (χ2v) is 7.52. The standard InChI is InChI=1S/C21H16N6OS/c1-12-7-8-14-16(10-12)29-21(26-14)27-19-17(22)20(25-11-24-19)28-15-6-2-4-13-5-3-9-23-18(13)15/h2-11H,22H2,1H3,(H,24,25,26,27). The Bertz CT molecular complexity index is 1340. The molecule has 0 saturated heterocycles. The molecule has 0 atom stereocenters. The van der Waals surface area contributed by atoms with Crippen LogP contribution in [0.25, 0.3) is 21.1 Å². The van der Waals surface area contributed by atoms with Crippen molar-refractivity contribution in [1.29, 1.82) is 0 Å². The van der Waals surface area contributed by atoms with Gasteiger partial charge in [0, 0.05) is 11.6 Å². The number of fused-ring (bicyclic) bond motifs is 2. The van der Waals surface area contributed by atoms with Gasteiger partial charge in [-0.1, -0.05) is 35.6 Å². The average Bonchev–Trinajstić information content (AvgIpc) is 3.12. The first-order valence-electron chi connectivity index (χ1n) is 8.94. The number of hydrogen-bond acceptors (Lipinski definition) is 8. The molecule has 0 fully saturated rings. The van der Waals surface area contributed by atoms with Gasteiger partial charge in [0.05, 0.1) is 10.2 Å². The third-order valence-corrected chi connectivity index (χ3v) is 5.35. The molecule has 142 valence electrons. The number of nitrogen functional groups attached to an aromatic ring is 1. The van der Waals surface area contributed by atoms with E-state index in [9.17, 15) is 0 Å². The van der Waals surface area contributed by atoms with E-state index in [0.717, 1.165) is 21.1 Å². The van der Waals surface area contributed by atoms with Crippen molar-refractivity contribution in [2.24, 2.45) is 0 Å². The Morgan fingerprint density at radius 3 is 2.86 bits per heavy atom.